The number of rotatable bonds is 4. The molecule has 0 amide bonds. The number of aryl methyl sites for hydroxylation is 1. The summed E-state index contributed by atoms with van der Waals surface area (Å²) in [5, 5.41) is 14.0. The summed E-state index contributed by atoms with van der Waals surface area (Å²) in [4.78, 5) is 13.1. The van der Waals surface area contributed by atoms with E-state index in [1.807, 2.05) is 16.8 Å². The number of carbonyl (C=O) groups is 1. The molecule has 1 aliphatic heterocycles. The molecule has 0 radical (unpaired) electrons. The molecule has 3 rings (SSSR count). The van der Waals surface area contributed by atoms with Crippen molar-refractivity contribution in [2.24, 2.45) is 0 Å². The Morgan fingerprint density at radius 3 is 3.04 bits per heavy atom. The van der Waals surface area contributed by atoms with Crippen LogP contribution in [0.5, 0.6) is 0 Å². The van der Waals surface area contributed by atoms with E-state index in [4.69, 9.17) is 21.6 Å². The quantitative estimate of drug-likeness (QED) is 0.611. The fourth-order valence-electron chi connectivity index (χ4n) is 2.81. The Labute approximate surface area is 149 Å². The van der Waals surface area contributed by atoms with Crippen molar-refractivity contribution in [3.05, 3.63) is 45.7 Å². The first-order valence-electron chi connectivity index (χ1n) is 7.63. The van der Waals surface area contributed by atoms with Crippen LogP contribution in [0.1, 0.15) is 40.2 Å². The van der Waals surface area contributed by atoms with Gasteiger partial charge in [0.05, 0.1) is 29.1 Å². The average molecular weight is 362 g/mol. The standard InChI is InChI=1S/C17H16ClN3O2S/c1-23-17(22)16-14(20-21-7-3-2-4-15(16)21)10-24-12-6-5-11(9-19)13(18)8-12/h5-6,8H,2-4,7,10H2,1H3. The number of thioether (sulfide) groups is 1. The molecule has 24 heavy (non-hydrogen) atoms. The molecule has 0 saturated heterocycles. The van der Waals surface area contributed by atoms with Crippen molar-refractivity contribution in [2.75, 3.05) is 7.11 Å². The normalized spacial score (nSPS) is 13.2. The van der Waals surface area contributed by atoms with Crippen LogP contribution in [0.2, 0.25) is 5.02 Å². The van der Waals surface area contributed by atoms with Crippen molar-refractivity contribution in [3.63, 3.8) is 0 Å². The molecule has 0 fully saturated rings. The van der Waals surface area contributed by atoms with Crippen LogP contribution in [0, 0.1) is 11.3 Å². The molecule has 2 heterocycles. The molecular weight excluding hydrogens is 346 g/mol. The Morgan fingerprint density at radius 2 is 2.33 bits per heavy atom. The van der Waals surface area contributed by atoms with Crippen molar-refractivity contribution in [1.29, 1.82) is 5.26 Å². The van der Waals surface area contributed by atoms with Crippen molar-refractivity contribution >= 4 is 29.3 Å². The molecule has 0 aliphatic carbocycles. The lowest BCUT2D eigenvalue weighted by Gasteiger charge is -2.13. The molecule has 7 heteroatoms. The summed E-state index contributed by atoms with van der Waals surface area (Å²) in [5.74, 6) is 0.221. The van der Waals surface area contributed by atoms with Gasteiger partial charge in [-0.15, -0.1) is 11.8 Å². The zero-order valence-corrected chi connectivity index (χ0v) is 14.8. The molecular formula is C17H16ClN3O2S. The minimum atomic E-state index is -0.327. The van der Waals surface area contributed by atoms with Crippen LogP contribution in [0.25, 0.3) is 0 Å². The Morgan fingerprint density at radius 1 is 1.50 bits per heavy atom. The zero-order valence-electron chi connectivity index (χ0n) is 13.2. The Kier molecular flexibility index (Phi) is 5.12. The summed E-state index contributed by atoms with van der Waals surface area (Å²) in [6, 6.07) is 7.35. The first-order chi connectivity index (χ1) is 11.6. The molecule has 2 aromatic rings. The molecule has 1 aromatic carbocycles. The van der Waals surface area contributed by atoms with Gasteiger partial charge < -0.3 is 4.74 Å². The van der Waals surface area contributed by atoms with Crippen LogP contribution in [0.4, 0.5) is 0 Å². The van der Waals surface area contributed by atoms with Gasteiger partial charge in [-0.2, -0.15) is 10.4 Å². The maximum atomic E-state index is 12.2. The lowest BCUT2D eigenvalue weighted by Crippen LogP contribution is -2.14. The fourth-order valence-corrected chi connectivity index (χ4v) is 3.97. The van der Waals surface area contributed by atoms with E-state index >= 15 is 0 Å². The minimum Gasteiger partial charge on any atom is -0.465 e. The number of hydrogen-bond acceptors (Lipinski definition) is 5. The molecule has 0 spiro atoms. The number of benzene rings is 1. The third kappa shape index (κ3) is 3.28. The third-order valence-electron chi connectivity index (χ3n) is 3.99. The van der Waals surface area contributed by atoms with Gasteiger partial charge in [-0.05, 0) is 37.5 Å². The van der Waals surface area contributed by atoms with Gasteiger partial charge in [-0.1, -0.05) is 11.6 Å². The van der Waals surface area contributed by atoms with Gasteiger partial charge in [0.2, 0.25) is 0 Å². The monoisotopic (exact) mass is 361 g/mol. The largest absolute Gasteiger partial charge is 0.465 e. The molecule has 1 aromatic heterocycles. The number of carbonyl (C=O) groups excluding carboxylic acids is 1. The molecule has 0 saturated carbocycles. The van der Waals surface area contributed by atoms with Crippen molar-refractivity contribution in [3.8, 4) is 6.07 Å². The zero-order chi connectivity index (χ0) is 17.1. The molecule has 0 atom stereocenters. The molecule has 0 unspecified atom stereocenters. The minimum absolute atomic E-state index is 0.327. The van der Waals surface area contributed by atoms with E-state index in [1.165, 1.54) is 18.9 Å². The summed E-state index contributed by atoms with van der Waals surface area (Å²) in [7, 11) is 1.40. The lowest BCUT2D eigenvalue weighted by molar-refractivity contribution is 0.0598. The number of nitriles is 1. The van der Waals surface area contributed by atoms with Crippen LogP contribution in [0.3, 0.4) is 0 Å². The van der Waals surface area contributed by atoms with Gasteiger partial charge in [0.1, 0.15) is 11.6 Å². The number of nitrogens with zero attached hydrogens (tertiary/aromatic N) is 3. The molecule has 1 aliphatic rings. The topological polar surface area (TPSA) is 67.9 Å². The number of hydrogen-bond donors (Lipinski definition) is 0. The number of fused-ring (bicyclic) bond motifs is 1. The summed E-state index contributed by atoms with van der Waals surface area (Å²) in [5.41, 5.74) is 2.77. The van der Waals surface area contributed by atoms with E-state index in [1.54, 1.807) is 12.1 Å². The number of aromatic nitrogens is 2. The Hall–Kier alpha value is -1.97. The van der Waals surface area contributed by atoms with Crippen LogP contribution >= 0.6 is 23.4 Å². The van der Waals surface area contributed by atoms with E-state index in [0.717, 1.165) is 42.1 Å². The fraction of sp³-hybridized carbons (Fsp3) is 0.353. The average Bonchev–Trinajstić information content (AvgIpc) is 2.97. The highest BCUT2D eigenvalue weighted by atomic mass is 35.5. The number of halogens is 1. The number of methoxy groups -OCH3 is 1. The Bertz CT molecular complexity index is 826. The maximum Gasteiger partial charge on any atom is 0.341 e. The van der Waals surface area contributed by atoms with Crippen LogP contribution in [-0.4, -0.2) is 22.9 Å². The number of ether oxygens (including phenoxy) is 1. The summed E-state index contributed by atoms with van der Waals surface area (Å²) >= 11 is 7.60. The SMILES string of the molecule is COC(=O)c1c(CSc2ccc(C#N)c(Cl)c2)nn2c1CCCC2. The highest BCUT2D eigenvalue weighted by Crippen LogP contribution is 2.30. The van der Waals surface area contributed by atoms with Gasteiger partial charge in [-0.25, -0.2) is 4.79 Å². The summed E-state index contributed by atoms with van der Waals surface area (Å²) < 4.78 is 6.87. The molecule has 0 bridgehead atoms. The van der Waals surface area contributed by atoms with E-state index in [2.05, 4.69) is 5.10 Å². The smallest absolute Gasteiger partial charge is 0.341 e. The second-order valence-electron chi connectivity index (χ2n) is 5.48. The van der Waals surface area contributed by atoms with Gasteiger partial charge in [-0.3, -0.25) is 4.68 Å². The van der Waals surface area contributed by atoms with Gasteiger partial charge in [0.15, 0.2) is 0 Å². The predicted octanol–water partition coefficient (Wildman–Crippen LogP) is 3.82. The second kappa shape index (κ2) is 7.29. The van der Waals surface area contributed by atoms with Crippen LogP contribution in [-0.2, 0) is 23.5 Å². The molecule has 5 nitrogen and oxygen atoms in total. The van der Waals surface area contributed by atoms with Crippen molar-refractivity contribution in [1.82, 2.24) is 9.78 Å². The van der Waals surface area contributed by atoms with Crippen LogP contribution < -0.4 is 0 Å². The summed E-state index contributed by atoms with van der Waals surface area (Å²) in [6.07, 6.45) is 2.99. The maximum absolute atomic E-state index is 12.2. The highest BCUT2D eigenvalue weighted by molar-refractivity contribution is 7.98. The van der Waals surface area contributed by atoms with Crippen molar-refractivity contribution < 1.29 is 9.53 Å². The predicted molar refractivity (Wildman–Crippen MR) is 92.2 cm³/mol. The summed E-state index contributed by atoms with van der Waals surface area (Å²) in [6.45, 7) is 0.840. The van der Waals surface area contributed by atoms with E-state index in [0.29, 0.717) is 21.9 Å². The van der Waals surface area contributed by atoms with Crippen molar-refractivity contribution in [2.45, 2.75) is 36.5 Å². The highest BCUT2D eigenvalue weighted by Gasteiger charge is 2.25. The van der Waals surface area contributed by atoms with E-state index in [-0.39, 0.29) is 5.97 Å². The molecule has 124 valence electrons. The van der Waals surface area contributed by atoms with Crippen LogP contribution in [0.15, 0.2) is 23.1 Å². The lowest BCUT2D eigenvalue weighted by atomic mass is 10.1. The van der Waals surface area contributed by atoms with E-state index in [9.17, 15) is 4.79 Å². The first-order valence-corrected chi connectivity index (χ1v) is 8.99. The third-order valence-corrected chi connectivity index (χ3v) is 5.31. The molecule has 0 N–H and O–H groups in total. The van der Waals surface area contributed by atoms with E-state index < -0.39 is 0 Å². The van der Waals surface area contributed by atoms with Gasteiger partial charge >= 0.3 is 5.97 Å². The Balaban J connectivity index is 1.85. The van der Waals surface area contributed by atoms with Gasteiger partial charge in [0, 0.05) is 17.2 Å². The first kappa shape index (κ1) is 16.9. The van der Waals surface area contributed by atoms with Gasteiger partial charge in [0.25, 0.3) is 0 Å². The number of esters is 1. The second-order valence-corrected chi connectivity index (χ2v) is 6.94.